The minimum Gasteiger partial charge on any atom is -0.350 e. The number of likely N-dealkylation sites (tertiary alicyclic amines) is 1. The van der Waals surface area contributed by atoms with Crippen molar-refractivity contribution in [3.63, 3.8) is 0 Å². The first-order valence-electron chi connectivity index (χ1n) is 10.5. The van der Waals surface area contributed by atoms with Crippen molar-refractivity contribution in [3.8, 4) is 17.2 Å². The van der Waals surface area contributed by atoms with Crippen molar-refractivity contribution in [2.45, 2.75) is 31.7 Å². The maximum absolute atomic E-state index is 12.4. The number of carbonyl (C=O) groups excluding carboxylic acids is 1. The number of nitrogens with one attached hydrogen (secondary N) is 1. The number of rotatable bonds is 5. The predicted molar refractivity (Wildman–Crippen MR) is 121 cm³/mol. The molecule has 3 heterocycles. The van der Waals surface area contributed by atoms with Gasteiger partial charge in [-0.05, 0) is 49.9 Å². The Morgan fingerprint density at radius 3 is 2.74 bits per heavy atom. The second-order valence-corrected chi connectivity index (χ2v) is 8.84. The van der Waals surface area contributed by atoms with Gasteiger partial charge in [0.25, 0.3) is 0 Å². The van der Waals surface area contributed by atoms with E-state index >= 15 is 0 Å². The topological polar surface area (TPSA) is 75.9 Å². The van der Waals surface area contributed by atoms with E-state index in [-0.39, 0.29) is 12.0 Å². The van der Waals surface area contributed by atoms with Crippen LogP contribution in [0.2, 0.25) is 10.0 Å². The number of nitrogens with zero attached hydrogens (tertiary/aromatic N) is 5. The second-order valence-electron chi connectivity index (χ2n) is 8.03. The molecule has 31 heavy (non-hydrogen) atoms. The van der Waals surface area contributed by atoms with Crippen molar-refractivity contribution in [3.05, 3.63) is 52.9 Å². The molecular weight excluding hydrogens is 435 g/mol. The lowest BCUT2D eigenvalue weighted by atomic mass is 10.1. The van der Waals surface area contributed by atoms with Crippen LogP contribution in [0.25, 0.3) is 17.2 Å². The summed E-state index contributed by atoms with van der Waals surface area (Å²) in [7, 11) is 0. The van der Waals surface area contributed by atoms with E-state index in [1.165, 1.54) is 0 Å². The summed E-state index contributed by atoms with van der Waals surface area (Å²) in [6.07, 6.45) is 9.32. The average molecular weight is 457 g/mol. The van der Waals surface area contributed by atoms with Crippen LogP contribution in [0, 0.1) is 5.92 Å². The van der Waals surface area contributed by atoms with E-state index in [2.05, 4.69) is 15.3 Å². The molecule has 1 aliphatic carbocycles. The van der Waals surface area contributed by atoms with Crippen LogP contribution in [0.1, 0.15) is 25.7 Å². The summed E-state index contributed by atoms with van der Waals surface area (Å²) in [5.74, 6) is 2.49. The molecule has 5 rings (SSSR count). The monoisotopic (exact) mass is 456 g/mol. The molecule has 1 N–H and O–H groups in total. The van der Waals surface area contributed by atoms with E-state index in [1.54, 1.807) is 24.5 Å². The van der Waals surface area contributed by atoms with E-state index in [0.29, 0.717) is 40.1 Å². The summed E-state index contributed by atoms with van der Waals surface area (Å²) in [4.78, 5) is 28.0. The summed E-state index contributed by atoms with van der Waals surface area (Å²) in [6.45, 7) is 1.54. The van der Waals surface area contributed by atoms with Crippen LogP contribution < -0.4 is 5.32 Å². The molecule has 1 amide bonds. The van der Waals surface area contributed by atoms with Crippen LogP contribution in [0.15, 0.2) is 42.9 Å². The Balaban J connectivity index is 1.35. The van der Waals surface area contributed by atoms with Crippen molar-refractivity contribution in [2.75, 3.05) is 18.4 Å². The number of hydrogen-bond donors (Lipinski definition) is 1. The molecular formula is C22H22Cl2N6O. The molecule has 1 aliphatic heterocycles. The Morgan fingerprint density at radius 1 is 1.06 bits per heavy atom. The number of carbonyl (C=O) groups is 1. The Morgan fingerprint density at radius 2 is 1.94 bits per heavy atom. The molecule has 9 heteroatoms. The van der Waals surface area contributed by atoms with Crippen LogP contribution in [0.3, 0.4) is 0 Å². The van der Waals surface area contributed by atoms with Gasteiger partial charge in [0.05, 0.1) is 10.0 Å². The molecule has 1 aromatic carbocycles. The normalized spacial score (nSPS) is 18.8. The number of amides is 1. The molecule has 2 aromatic heterocycles. The number of halogens is 2. The maximum Gasteiger partial charge on any atom is 0.225 e. The molecule has 2 fully saturated rings. The highest BCUT2D eigenvalue weighted by atomic mass is 35.5. The SMILES string of the molecule is O=C(C1CC1)N1CCCC(Nc2nccc(-n3ccnc3-c3ccc(Cl)c(Cl)c3)n2)C1. The van der Waals surface area contributed by atoms with Gasteiger partial charge in [-0.2, -0.15) is 4.98 Å². The minimum absolute atomic E-state index is 0.143. The van der Waals surface area contributed by atoms with Crippen LogP contribution >= 0.6 is 23.2 Å². The summed E-state index contributed by atoms with van der Waals surface area (Å²) in [6, 6.07) is 7.39. The number of anilines is 1. The fourth-order valence-electron chi connectivity index (χ4n) is 3.96. The molecule has 0 bridgehead atoms. The van der Waals surface area contributed by atoms with Gasteiger partial charge in [-0.1, -0.05) is 23.2 Å². The highest BCUT2D eigenvalue weighted by molar-refractivity contribution is 6.42. The fraction of sp³-hybridized carbons (Fsp3) is 0.364. The van der Waals surface area contributed by atoms with Crippen molar-refractivity contribution < 1.29 is 4.79 Å². The Labute approximate surface area is 190 Å². The van der Waals surface area contributed by atoms with E-state index < -0.39 is 0 Å². The molecule has 7 nitrogen and oxygen atoms in total. The highest BCUT2D eigenvalue weighted by Gasteiger charge is 2.35. The minimum atomic E-state index is 0.143. The van der Waals surface area contributed by atoms with Gasteiger partial charge < -0.3 is 10.2 Å². The molecule has 1 saturated heterocycles. The standard InChI is InChI=1S/C22H22Cl2N6O/c23-17-6-5-15(12-18(17)24)20-25-9-11-30(20)19-7-8-26-22(28-19)27-16-2-1-10-29(13-16)21(31)14-3-4-14/h5-9,11-12,14,16H,1-4,10,13H2,(H,26,27,28). The first kappa shape index (κ1) is 20.3. The lowest BCUT2D eigenvalue weighted by Gasteiger charge is -2.33. The molecule has 0 spiro atoms. The molecule has 1 atom stereocenters. The van der Waals surface area contributed by atoms with Gasteiger partial charge >= 0.3 is 0 Å². The molecule has 1 unspecified atom stereocenters. The lowest BCUT2D eigenvalue weighted by molar-refractivity contribution is -0.133. The summed E-state index contributed by atoms with van der Waals surface area (Å²) in [5, 5.41) is 4.39. The number of benzene rings is 1. The molecule has 160 valence electrons. The van der Waals surface area contributed by atoms with Gasteiger partial charge in [-0.3, -0.25) is 9.36 Å². The van der Waals surface area contributed by atoms with Gasteiger partial charge in [0.2, 0.25) is 11.9 Å². The maximum atomic E-state index is 12.4. The smallest absolute Gasteiger partial charge is 0.225 e. The van der Waals surface area contributed by atoms with Crippen LogP contribution in [-0.4, -0.2) is 49.5 Å². The summed E-state index contributed by atoms with van der Waals surface area (Å²) in [5.41, 5.74) is 0.842. The fourth-order valence-corrected chi connectivity index (χ4v) is 4.25. The van der Waals surface area contributed by atoms with Gasteiger partial charge in [0, 0.05) is 49.2 Å². The van der Waals surface area contributed by atoms with E-state index in [0.717, 1.165) is 37.8 Å². The highest BCUT2D eigenvalue weighted by Crippen LogP contribution is 2.32. The Bertz CT molecular complexity index is 1110. The van der Waals surface area contributed by atoms with Crippen LogP contribution in [0.4, 0.5) is 5.95 Å². The third kappa shape index (κ3) is 4.38. The van der Waals surface area contributed by atoms with Crippen molar-refractivity contribution in [2.24, 2.45) is 5.92 Å². The van der Waals surface area contributed by atoms with Crippen LogP contribution in [0.5, 0.6) is 0 Å². The first-order valence-corrected chi connectivity index (χ1v) is 11.2. The van der Waals surface area contributed by atoms with Crippen molar-refractivity contribution in [1.82, 2.24) is 24.4 Å². The molecule has 2 aliphatic rings. The molecule has 3 aromatic rings. The molecule has 0 radical (unpaired) electrons. The number of imidazole rings is 1. The Hall–Kier alpha value is -2.64. The lowest BCUT2D eigenvalue weighted by Crippen LogP contribution is -2.45. The second kappa shape index (κ2) is 8.48. The summed E-state index contributed by atoms with van der Waals surface area (Å²) < 4.78 is 1.89. The van der Waals surface area contributed by atoms with Crippen molar-refractivity contribution >= 4 is 35.1 Å². The average Bonchev–Trinajstić information content (AvgIpc) is 3.52. The molecule has 1 saturated carbocycles. The number of hydrogen-bond acceptors (Lipinski definition) is 5. The van der Waals surface area contributed by atoms with E-state index in [4.69, 9.17) is 28.2 Å². The number of piperidine rings is 1. The van der Waals surface area contributed by atoms with Gasteiger partial charge in [0.15, 0.2) is 0 Å². The first-order chi connectivity index (χ1) is 15.1. The van der Waals surface area contributed by atoms with E-state index in [1.807, 2.05) is 27.8 Å². The van der Waals surface area contributed by atoms with Gasteiger partial charge in [-0.25, -0.2) is 9.97 Å². The number of aromatic nitrogens is 4. The van der Waals surface area contributed by atoms with Crippen molar-refractivity contribution in [1.29, 1.82) is 0 Å². The largest absolute Gasteiger partial charge is 0.350 e. The third-order valence-corrected chi connectivity index (χ3v) is 6.44. The zero-order chi connectivity index (χ0) is 21.4. The third-order valence-electron chi connectivity index (χ3n) is 5.70. The summed E-state index contributed by atoms with van der Waals surface area (Å²) >= 11 is 12.2. The zero-order valence-electron chi connectivity index (χ0n) is 16.8. The predicted octanol–water partition coefficient (Wildman–Crippen LogP) is 4.45. The van der Waals surface area contributed by atoms with Gasteiger partial charge in [-0.15, -0.1) is 0 Å². The van der Waals surface area contributed by atoms with E-state index in [9.17, 15) is 4.79 Å². The quantitative estimate of drug-likeness (QED) is 0.613. The van der Waals surface area contributed by atoms with Gasteiger partial charge in [0.1, 0.15) is 11.6 Å². The zero-order valence-corrected chi connectivity index (χ0v) is 18.4. The Kier molecular flexibility index (Phi) is 5.54. The van der Waals surface area contributed by atoms with Crippen LogP contribution in [-0.2, 0) is 4.79 Å².